The number of nitrogens with zero attached hydrogens (tertiary/aromatic N) is 4. The van der Waals surface area contributed by atoms with Gasteiger partial charge >= 0.3 is 0 Å². The highest BCUT2D eigenvalue weighted by atomic mass is 32.1. The average Bonchev–Trinajstić information content (AvgIpc) is 3.34. The number of anilines is 1. The predicted molar refractivity (Wildman–Crippen MR) is 132 cm³/mol. The fourth-order valence-corrected chi connectivity index (χ4v) is 9.19. The van der Waals surface area contributed by atoms with E-state index in [-0.39, 0.29) is 10.8 Å². The van der Waals surface area contributed by atoms with Gasteiger partial charge in [0, 0.05) is 37.3 Å². The van der Waals surface area contributed by atoms with Gasteiger partial charge < -0.3 is 10.7 Å². The number of allylic oxidation sites excluding steroid dienone is 2. The lowest BCUT2D eigenvalue weighted by Crippen LogP contribution is -2.49. The van der Waals surface area contributed by atoms with Crippen LogP contribution in [0.1, 0.15) is 62.9 Å². The molecule has 0 radical (unpaired) electrons. The maximum Gasteiger partial charge on any atom is 0.198 e. The number of likely N-dealkylation sites (N-methyl/N-ethyl adjacent to an activating group) is 1. The van der Waals surface area contributed by atoms with Gasteiger partial charge in [-0.3, -0.25) is 5.43 Å². The lowest BCUT2D eigenvalue weighted by atomic mass is 9.48. The molecule has 0 bridgehead atoms. The highest BCUT2D eigenvalue weighted by Gasteiger charge is 2.58. The van der Waals surface area contributed by atoms with E-state index in [0.717, 1.165) is 61.9 Å². The number of piperazine rings is 1. The van der Waals surface area contributed by atoms with Crippen molar-refractivity contribution in [3.8, 4) is 0 Å². The summed E-state index contributed by atoms with van der Waals surface area (Å²) in [6, 6.07) is 0. The molecule has 5 aliphatic rings. The van der Waals surface area contributed by atoms with E-state index < -0.39 is 0 Å². The quantitative estimate of drug-likeness (QED) is 0.517. The molecular weight excluding hydrogens is 416 g/mol. The van der Waals surface area contributed by atoms with E-state index in [1.165, 1.54) is 48.4 Å². The number of hydrazone groups is 1. The molecule has 5 atom stereocenters. The number of thiazole rings is 1. The third-order valence-corrected chi connectivity index (χ3v) is 11.0. The topological polar surface area (TPSA) is 69.8 Å². The van der Waals surface area contributed by atoms with E-state index in [4.69, 9.17) is 10.8 Å². The summed E-state index contributed by atoms with van der Waals surface area (Å²) in [4.78, 5) is 8.92. The monoisotopic (exact) mass is 454 g/mol. The Morgan fingerprint density at radius 2 is 1.88 bits per heavy atom. The smallest absolute Gasteiger partial charge is 0.198 e. The van der Waals surface area contributed by atoms with Crippen molar-refractivity contribution in [3.63, 3.8) is 0 Å². The first kappa shape index (κ1) is 21.1. The molecule has 3 N–H and O–H groups in total. The number of hydrogen-bond acceptors (Lipinski definition) is 7. The summed E-state index contributed by atoms with van der Waals surface area (Å²) in [6.45, 7) is 9.36. The first-order valence-electron chi connectivity index (χ1n) is 12.6. The second-order valence-corrected chi connectivity index (χ2v) is 12.4. The first-order chi connectivity index (χ1) is 15.4. The Morgan fingerprint density at radius 3 is 2.66 bits per heavy atom. The van der Waals surface area contributed by atoms with Gasteiger partial charge in [-0.2, -0.15) is 5.10 Å². The zero-order chi connectivity index (χ0) is 22.1. The van der Waals surface area contributed by atoms with E-state index >= 15 is 0 Å². The van der Waals surface area contributed by atoms with Gasteiger partial charge in [-0.1, -0.05) is 31.3 Å². The molecule has 2 saturated carbocycles. The van der Waals surface area contributed by atoms with Gasteiger partial charge in [0.2, 0.25) is 0 Å². The van der Waals surface area contributed by atoms with Crippen molar-refractivity contribution < 1.29 is 0 Å². The number of nitrogens with one attached hydrogen (secondary N) is 1. The van der Waals surface area contributed by atoms with Crippen molar-refractivity contribution >= 4 is 27.8 Å². The average molecular weight is 455 g/mol. The van der Waals surface area contributed by atoms with Crippen LogP contribution in [-0.2, 0) is 6.42 Å². The van der Waals surface area contributed by atoms with Gasteiger partial charge in [-0.05, 0) is 80.7 Å². The molecule has 174 valence electrons. The Kier molecular flexibility index (Phi) is 4.97. The number of aromatic nitrogens is 1. The fraction of sp³-hybridized carbons (Fsp3) is 0.760. The molecule has 2 heterocycles. The Hall–Kier alpha value is -1.44. The van der Waals surface area contributed by atoms with Gasteiger partial charge in [-0.15, -0.1) is 0 Å². The molecule has 0 unspecified atom stereocenters. The van der Waals surface area contributed by atoms with Crippen LogP contribution in [-0.4, -0.2) is 53.8 Å². The Balaban J connectivity index is 1.27. The molecule has 0 spiro atoms. The van der Waals surface area contributed by atoms with Crippen LogP contribution in [0.3, 0.4) is 0 Å². The van der Waals surface area contributed by atoms with Crippen molar-refractivity contribution in [1.82, 2.24) is 14.9 Å². The molecule has 7 heteroatoms. The normalized spacial score (nSPS) is 40.9. The molecular formula is C25H38N6S. The van der Waals surface area contributed by atoms with E-state index in [1.807, 2.05) is 11.3 Å². The molecule has 4 aliphatic carbocycles. The molecule has 0 aromatic carbocycles. The number of nitrogens with two attached hydrogens (primary N) is 1. The first-order valence-corrected chi connectivity index (χ1v) is 13.4. The van der Waals surface area contributed by atoms with Gasteiger partial charge in [0.1, 0.15) is 0 Å². The molecule has 1 aromatic heterocycles. The Labute approximate surface area is 196 Å². The highest BCUT2D eigenvalue weighted by Crippen LogP contribution is 2.65. The van der Waals surface area contributed by atoms with E-state index in [1.54, 1.807) is 5.57 Å². The molecule has 32 heavy (non-hydrogen) atoms. The van der Waals surface area contributed by atoms with Crippen molar-refractivity contribution in [2.45, 2.75) is 58.8 Å². The molecule has 1 saturated heterocycles. The fourth-order valence-electron chi connectivity index (χ4n) is 7.98. The minimum absolute atomic E-state index is 0.238. The maximum atomic E-state index is 5.81. The summed E-state index contributed by atoms with van der Waals surface area (Å²) in [5, 5.41) is 7.67. The van der Waals surface area contributed by atoms with Crippen LogP contribution in [0.4, 0.5) is 5.13 Å². The molecule has 6 rings (SSSR count). The zero-order valence-electron chi connectivity index (χ0n) is 19.9. The number of fused-ring (bicyclic) bond motifs is 7. The second-order valence-electron chi connectivity index (χ2n) is 11.4. The Bertz CT molecular complexity index is 960. The summed E-state index contributed by atoms with van der Waals surface area (Å²) in [7, 11) is 2.20. The van der Waals surface area contributed by atoms with Crippen LogP contribution in [0, 0.1) is 28.6 Å². The largest absolute Gasteiger partial charge is 0.323 e. The molecule has 6 nitrogen and oxygen atoms in total. The Morgan fingerprint density at radius 1 is 1.09 bits per heavy atom. The lowest BCUT2D eigenvalue weighted by molar-refractivity contribution is 0.0117. The van der Waals surface area contributed by atoms with E-state index in [9.17, 15) is 0 Å². The van der Waals surface area contributed by atoms with Crippen LogP contribution in [0.5, 0.6) is 0 Å². The summed E-state index contributed by atoms with van der Waals surface area (Å²) in [6.07, 6.45) is 11.1. The van der Waals surface area contributed by atoms with Crippen molar-refractivity contribution in [3.05, 3.63) is 16.6 Å². The predicted octanol–water partition coefficient (Wildman–Crippen LogP) is 4.21. The number of aryl methyl sites for hydroxylation is 1. The minimum Gasteiger partial charge on any atom is -0.323 e. The summed E-state index contributed by atoms with van der Waals surface area (Å²) in [5.74, 6) is 8.12. The van der Waals surface area contributed by atoms with Crippen LogP contribution in [0.25, 0.3) is 5.57 Å². The van der Waals surface area contributed by atoms with Crippen LogP contribution in [0.15, 0.2) is 11.2 Å². The van der Waals surface area contributed by atoms with Gasteiger partial charge in [0.25, 0.3) is 0 Å². The molecule has 1 aromatic rings. The maximum absolute atomic E-state index is 5.81. The van der Waals surface area contributed by atoms with Crippen LogP contribution >= 0.6 is 11.3 Å². The number of rotatable bonds is 2. The van der Waals surface area contributed by atoms with Gasteiger partial charge in [0.15, 0.2) is 5.13 Å². The standard InChI is InChI=1S/C25H38N6S/c1-24-11-9-20-22(32-23(27-20)29-31-14-12-30(3)13-15-31)19(24)5-4-16-17-6-7-21(28-26)25(17,2)10-8-18(16)24/h5,16-18H,4,6-15,26H2,1-3H3,(H,27,29)/b28-21+/t16-,17-,18-,24+,25-/m0/s1. The summed E-state index contributed by atoms with van der Waals surface area (Å²) >= 11 is 1.89. The highest BCUT2D eigenvalue weighted by molar-refractivity contribution is 7.16. The zero-order valence-corrected chi connectivity index (χ0v) is 20.7. The molecule has 1 aliphatic heterocycles. The second kappa shape index (κ2) is 7.54. The van der Waals surface area contributed by atoms with Crippen LogP contribution < -0.4 is 11.3 Å². The molecule has 0 amide bonds. The summed E-state index contributed by atoms with van der Waals surface area (Å²) in [5.41, 5.74) is 8.38. The van der Waals surface area contributed by atoms with E-state index in [2.05, 4.69) is 47.4 Å². The van der Waals surface area contributed by atoms with Crippen molar-refractivity contribution in [1.29, 1.82) is 0 Å². The lowest BCUT2D eigenvalue weighted by Gasteiger charge is -2.56. The van der Waals surface area contributed by atoms with Crippen molar-refractivity contribution in [2.24, 2.45) is 39.5 Å². The third-order valence-electron chi connectivity index (χ3n) is 9.94. The van der Waals surface area contributed by atoms with Crippen LogP contribution in [0.2, 0.25) is 0 Å². The van der Waals surface area contributed by atoms with Gasteiger partial charge in [-0.25, -0.2) is 9.99 Å². The molecule has 3 fully saturated rings. The number of hydrogen-bond donors (Lipinski definition) is 2. The van der Waals surface area contributed by atoms with Crippen molar-refractivity contribution in [2.75, 3.05) is 38.7 Å². The third kappa shape index (κ3) is 3.03. The minimum atomic E-state index is 0.238. The van der Waals surface area contributed by atoms with Gasteiger partial charge in [0.05, 0.1) is 10.6 Å². The number of hydrazine groups is 1. The summed E-state index contributed by atoms with van der Waals surface area (Å²) < 4.78 is 0. The van der Waals surface area contributed by atoms with E-state index in [0.29, 0.717) is 0 Å². The SMILES string of the molecule is CN1CCN(Nc2nc3c(s2)C2=CC[C@@H]4[C@H](CC[C@]5(C)/C(=N/N)CC[C@@H]45)[C@@]2(C)CC3)CC1.